The summed E-state index contributed by atoms with van der Waals surface area (Å²) in [6.07, 6.45) is 1.25. The van der Waals surface area contributed by atoms with E-state index in [0.717, 1.165) is 10.7 Å². The van der Waals surface area contributed by atoms with Crippen LogP contribution in [0.15, 0.2) is 23.7 Å². The van der Waals surface area contributed by atoms with Crippen molar-refractivity contribution in [2.45, 2.75) is 32.7 Å². The standard InChI is InChI=1S/C13H16N4O2S/c1-8(2)13-16-11(7-20-13)9(3)15-12-5-4-10(6-14-12)17(18)19/h4-9H,1-3H3,(H,14,15)/t9-/m1/s1. The van der Waals surface area contributed by atoms with E-state index in [1.807, 2.05) is 12.3 Å². The smallest absolute Gasteiger partial charge is 0.287 e. The molecule has 0 fully saturated rings. The van der Waals surface area contributed by atoms with Gasteiger partial charge in [-0.3, -0.25) is 10.1 Å². The van der Waals surface area contributed by atoms with Crippen LogP contribution in [0.4, 0.5) is 11.5 Å². The number of pyridine rings is 1. The van der Waals surface area contributed by atoms with E-state index < -0.39 is 4.92 Å². The zero-order chi connectivity index (χ0) is 14.7. The van der Waals surface area contributed by atoms with Crippen LogP contribution >= 0.6 is 11.3 Å². The van der Waals surface area contributed by atoms with Crippen molar-refractivity contribution in [3.05, 3.63) is 44.5 Å². The summed E-state index contributed by atoms with van der Waals surface area (Å²) < 4.78 is 0. The van der Waals surface area contributed by atoms with Crippen LogP contribution in [-0.2, 0) is 0 Å². The Morgan fingerprint density at radius 2 is 2.10 bits per heavy atom. The van der Waals surface area contributed by atoms with Crippen LogP contribution in [0.2, 0.25) is 0 Å². The number of aromatic nitrogens is 2. The van der Waals surface area contributed by atoms with Gasteiger partial charge in [0.1, 0.15) is 12.0 Å². The fourth-order valence-electron chi connectivity index (χ4n) is 1.64. The molecule has 0 amide bonds. The molecule has 0 spiro atoms. The Hall–Kier alpha value is -2.02. The lowest BCUT2D eigenvalue weighted by atomic mass is 10.2. The zero-order valence-corrected chi connectivity index (χ0v) is 12.3. The summed E-state index contributed by atoms with van der Waals surface area (Å²) in [6.45, 7) is 6.21. The third-order valence-corrected chi connectivity index (χ3v) is 3.96. The van der Waals surface area contributed by atoms with Gasteiger partial charge in [-0.2, -0.15) is 0 Å². The van der Waals surface area contributed by atoms with Gasteiger partial charge in [-0.15, -0.1) is 11.3 Å². The van der Waals surface area contributed by atoms with Crippen LogP contribution in [0.1, 0.15) is 43.4 Å². The molecule has 0 aliphatic heterocycles. The molecule has 2 aromatic heterocycles. The van der Waals surface area contributed by atoms with Gasteiger partial charge in [0.05, 0.1) is 21.7 Å². The first kappa shape index (κ1) is 14.4. The van der Waals surface area contributed by atoms with Crippen LogP contribution in [0.3, 0.4) is 0 Å². The molecule has 2 aromatic rings. The van der Waals surface area contributed by atoms with E-state index in [2.05, 4.69) is 29.1 Å². The van der Waals surface area contributed by atoms with Gasteiger partial charge in [0.2, 0.25) is 0 Å². The van der Waals surface area contributed by atoms with Gasteiger partial charge >= 0.3 is 0 Å². The van der Waals surface area contributed by atoms with Crippen molar-refractivity contribution in [3.63, 3.8) is 0 Å². The van der Waals surface area contributed by atoms with Crippen LogP contribution < -0.4 is 5.32 Å². The van der Waals surface area contributed by atoms with Crippen molar-refractivity contribution in [2.24, 2.45) is 0 Å². The largest absolute Gasteiger partial charge is 0.362 e. The van der Waals surface area contributed by atoms with Crippen LogP contribution in [0, 0.1) is 10.1 Å². The highest BCUT2D eigenvalue weighted by Crippen LogP contribution is 2.24. The summed E-state index contributed by atoms with van der Waals surface area (Å²) in [5, 5.41) is 16.9. The lowest BCUT2D eigenvalue weighted by molar-refractivity contribution is -0.385. The van der Waals surface area contributed by atoms with Gasteiger partial charge in [-0.1, -0.05) is 13.8 Å². The molecule has 1 atom stereocenters. The minimum absolute atomic E-state index is 0.00714. The monoisotopic (exact) mass is 292 g/mol. The molecule has 6 nitrogen and oxygen atoms in total. The van der Waals surface area contributed by atoms with E-state index in [-0.39, 0.29) is 11.7 Å². The number of anilines is 1. The highest BCUT2D eigenvalue weighted by molar-refractivity contribution is 7.09. The molecule has 0 radical (unpaired) electrons. The van der Waals surface area contributed by atoms with Gasteiger partial charge in [0, 0.05) is 17.4 Å². The molecule has 0 unspecified atom stereocenters. The van der Waals surface area contributed by atoms with E-state index in [1.54, 1.807) is 17.4 Å². The molecule has 0 aliphatic rings. The Morgan fingerprint density at radius 1 is 1.35 bits per heavy atom. The minimum Gasteiger partial charge on any atom is -0.362 e. The SMILES string of the molecule is CC(C)c1nc([C@@H](C)Nc2ccc([N+](=O)[O-])cn2)cs1. The molecule has 2 heterocycles. The quantitative estimate of drug-likeness (QED) is 0.670. The van der Waals surface area contributed by atoms with Gasteiger partial charge < -0.3 is 5.32 Å². The van der Waals surface area contributed by atoms with Gasteiger partial charge in [0.15, 0.2) is 0 Å². The number of nitrogens with one attached hydrogen (secondary N) is 1. The first-order valence-electron chi connectivity index (χ1n) is 6.29. The van der Waals surface area contributed by atoms with Crippen LogP contribution in [0.5, 0.6) is 0 Å². The summed E-state index contributed by atoms with van der Waals surface area (Å²) in [5.41, 5.74) is 0.942. The number of hydrogen-bond acceptors (Lipinski definition) is 6. The van der Waals surface area contributed by atoms with Gasteiger partial charge in [-0.05, 0) is 13.0 Å². The lowest BCUT2D eigenvalue weighted by Crippen LogP contribution is -2.08. The van der Waals surface area contributed by atoms with Crippen molar-refractivity contribution in [1.82, 2.24) is 9.97 Å². The fourth-order valence-corrected chi connectivity index (χ4v) is 2.57. The van der Waals surface area contributed by atoms with Crippen molar-refractivity contribution in [2.75, 3.05) is 5.32 Å². The van der Waals surface area contributed by atoms with E-state index in [9.17, 15) is 10.1 Å². The topological polar surface area (TPSA) is 81.0 Å². The second-order valence-corrected chi connectivity index (χ2v) is 5.68. The molecule has 20 heavy (non-hydrogen) atoms. The average Bonchev–Trinajstić information content (AvgIpc) is 2.89. The first-order chi connectivity index (χ1) is 9.47. The average molecular weight is 292 g/mol. The number of hydrogen-bond donors (Lipinski definition) is 1. The Bertz CT molecular complexity index is 595. The summed E-state index contributed by atoms with van der Waals surface area (Å²) in [6, 6.07) is 3.04. The van der Waals surface area contributed by atoms with Crippen molar-refractivity contribution < 1.29 is 4.92 Å². The predicted octanol–water partition coefficient (Wildman–Crippen LogP) is 3.74. The van der Waals surface area contributed by atoms with E-state index in [1.165, 1.54) is 12.3 Å². The maximum Gasteiger partial charge on any atom is 0.287 e. The third-order valence-electron chi connectivity index (χ3n) is 2.80. The molecule has 0 saturated carbocycles. The molecule has 106 valence electrons. The van der Waals surface area contributed by atoms with E-state index >= 15 is 0 Å². The van der Waals surface area contributed by atoms with E-state index in [4.69, 9.17) is 0 Å². The van der Waals surface area contributed by atoms with Crippen molar-refractivity contribution >= 4 is 22.8 Å². The van der Waals surface area contributed by atoms with Gasteiger partial charge in [-0.25, -0.2) is 9.97 Å². The first-order valence-corrected chi connectivity index (χ1v) is 7.17. The van der Waals surface area contributed by atoms with Gasteiger partial charge in [0.25, 0.3) is 5.69 Å². The number of rotatable bonds is 5. The Balaban J connectivity index is 2.06. The maximum atomic E-state index is 10.6. The maximum absolute atomic E-state index is 10.6. The molecule has 0 bridgehead atoms. The van der Waals surface area contributed by atoms with Crippen molar-refractivity contribution in [1.29, 1.82) is 0 Å². The summed E-state index contributed by atoms with van der Waals surface area (Å²) in [7, 11) is 0. The fraction of sp³-hybridized carbons (Fsp3) is 0.385. The Labute approximate surface area is 121 Å². The summed E-state index contributed by atoms with van der Waals surface area (Å²) >= 11 is 1.64. The number of nitro groups is 1. The molecule has 0 aromatic carbocycles. The predicted molar refractivity (Wildman–Crippen MR) is 79.1 cm³/mol. The summed E-state index contributed by atoms with van der Waals surface area (Å²) in [4.78, 5) is 18.7. The van der Waals surface area contributed by atoms with Crippen molar-refractivity contribution in [3.8, 4) is 0 Å². The molecule has 2 rings (SSSR count). The third kappa shape index (κ3) is 3.30. The van der Waals surface area contributed by atoms with Crippen LogP contribution in [-0.4, -0.2) is 14.9 Å². The Kier molecular flexibility index (Phi) is 4.29. The molecular weight excluding hydrogens is 276 g/mol. The molecule has 0 aliphatic carbocycles. The highest BCUT2D eigenvalue weighted by atomic mass is 32.1. The molecule has 1 N–H and O–H groups in total. The number of nitrogens with zero attached hydrogens (tertiary/aromatic N) is 3. The Morgan fingerprint density at radius 3 is 2.60 bits per heavy atom. The second kappa shape index (κ2) is 5.96. The normalized spacial score (nSPS) is 12.4. The summed E-state index contributed by atoms with van der Waals surface area (Å²) in [5.74, 6) is 1.01. The molecular formula is C13H16N4O2S. The van der Waals surface area contributed by atoms with Crippen LogP contribution in [0.25, 0.3) is 0 Å². The second-order valence-electron chi connectivity index (χ2n) is 4.79. The lowest BCUT2D eigenvalue weighted by Gasteiger charge is -2.11. The number of thiazole rings is 1. The molecule has 7 heteroatoms. The highest BCUT2D eigenvalue weighted by Gasteiger charge is 2.13. The zero-order valence-electron chi connectivity index (χ0n) is 11.5. The molecule has 0 saturated heterocycles. The van der Waals surface area contributed by atoms with E-state index in [0.29, 0.717) is 11.7 Å². The minimum atomic E-state index is -0.463.